The van der Waals surface area contributed by atoms with E-state index in [-0.39, 0.29) is 6.10 Å². The molecule has 0 bridgehead atoms. The monoisotopic (exact) mass is 301 g/mol. The lowest BCUT2D eigenvalue weighted by Crippen LogP contribution is -2.12. The molecule has 1 aliphatic heterocycles. The third kappa shape index (κ3) is 2.06. The summed E-state index contributed by atoms with van der Waals surface area (Å²) in [5.74, 6) is 0.700. The second kappa shape index (κ2) is 4.58. The van der Waals surface area contributed by atoms with Crippen molar-refractivity contribution in [2.24, 2.45) is 4.99 Å². The molecule has 1 heterocycles. The first-order valence-corrected chi connectivity index (χ1v) is 6.58. The topological polar surface area (TPSA) is 21.6 Å². The Morgan fingerprint density at radius 1 is 1.22 bits per heavy atom. The van der Waals surface area contributed by atoms with Crippen LogP contribution in [-0.4, -0.2) is 18.5 Å². The minimum absolute atomic E-state index is 0.0496. The van der Waals surface area contributed by atoms with Crippen molar-refractivity contribution < 1.29 is 4.74 Å². The molecule has 3 rings (SSSR count). The van der Waals surface area contributed by atoms with Crippen LogP contribution in [0.3, 0.4) is 0 Å². The van der Waals surface area contributed by atoms with Crippen LogP contribution in [0.5, 0.6) is 0 Å². The molecule has 0 saturated carbocycles. The number of fused-ring (bicyclic) bond motifs is 1. The Bertz CT molecular complexity index is 648. The minimum Gasteiger partial charge on any atom is -0.467 e. The molecule has 1 unspecified atom stereocenters. The average molecular weight is 302 g/mol. The second-order valence-electron chi connectivity index (χ2n) is 4.26. The summed E-state index contributed by atoms with van der Waals surface area (Å²) in [5, 5.41) is 2.42. The maximum atomic E-state index is 5.76. The van der Waals surface area contributed by atoms with Gasteiger partial charge in [0, 0.05) is 10.0 Å². The molecule has 90 valence electrons. The zero-order chi connectivity index (χ0) is 12.5. The van der Waals surface area contributed by atoms with E-state index < -0.39 is 0 Å². The van der Waals surface area contributed by atoms with Gasteiger partial charge in [0.1, 0.15) is 0 Å². The maximum absolute atomic E-state index is 5.76. The van der Waals surface area contributed by atoms with Crippen LogP contribution in [0.25, 0.3) is 10.8 Å². The molecule has 0 spiro atoms. The molecule has 2 aromatic carbocycles. The normalized spacial score (nSPS) is 18.5. The lowest BCUT2D eigenvalue weighted by Gasteiger charge is -2.09. The van der Waals surface area contributed by atoms with Crippen LogP contribution in [0.4, 0.5) is 0 Å². The van der Waals surface area contributed by atoms with Crippen molar-refractivity contribution in [3.05, 3.63) is 59.1 Å². The molecule has 18 heavy (non-hydrogen) atoms. The van der Waals surface area contributed by atoms with Gasteiger partial charge < -0.3 is 4.74 Å². The number of hydrogen-bond donors (Lipinski definition) is 0. The van der Waals surface area contributed by atoms with Gasteiger partial charge in [0.25, 0.3) is 0 Å². The largest absolute Gasteiger partial charge is 0.467 e. The Kier molecular flexibility index (Phi) is 2.92. The molecule has 0 radical (unpaired) electrons. The maximum Gasteiger partial charge on any atom is 0.216 e. The van der Waals surface area contributed by atoms with E-state index in [1.807, 2.05) is 18.2 Å². The smallest absolute Gasteiger partial charge is 0.216 e. The summed E-state index contributed by atoms with van der Waals surface area (Å²) in [6.45, 7) is 4.46. The highest BCUT2D eigenvalue weighted by molar-refractivity contribution is 9.11. The van der Waals surface area contributed by atoms with Gasteiger partial charge in [-0.1, -0.05) is 52.8 Å². The number of aliphatic imine (C=N–C) groups is 1. The highest BCUT2D eigenvalue weighted by Gasteiger charge is 2.22. The molecule has 1 atom stereocenters. The molecule has 3 heteroatoms. The molecule has 0 N–H and O–H groups in total. The van der Waals surface area contributed by atoms with E-state index in [1.165, 1.54) is 10.8 Å². The number of nitrogens with zero attached hydrogens (tertiary/aromatic N) is 1. The zero-order valence-corrected chi connectivity index (χ0v) is 11.4. The first kappa shape index (κ1) is 11.5. The van der Waals surface area contributed by atoms with Crippen LogP contribution < -0.4 is 0 Å². The Labute approximate surface area is 114 Å². The molecule has 0 aromatic heterocycles. The fourth-order valence-electron chi connectivity index (χ4n) is 2.02. The lowest BCUT2D eigenvalue weighted by atomic mass is 10.1. The van der Waals surface area contributed by atoms with Crippen molar-refractivity contribution in [3.63, 3.8) is 0 Å². The summed E-state index contributed by atoms with van der Waals surface area (Å²) in [7, 11) is 0. The van der Waals surface area contributed by atoms with Gasteiger partial charge in [-0.25, -0.2) is 4.99 Å². The Morgan fingerprint density at radius 3 is 2.72 bits per heavy atom. The van der Waals surface area contributed by atoms with Crippen molar-refractivity contribution in [3.8, 4) is 0 Å². The first-order chi connectivity index (χ1) is 8.74. The molecule has 0 amide bonds. The third-order valence-electron chi connectivity index (χ3n) is 3.00. The number of benzene rings is 2. The van der Waals surface area contributed by atoms with Gasteiger partial charge in [-0.05, 0) is 22.9 Å². The fourth-order valence-corrected chi connectivity index (χ4v) is 2.26. The van der Waals surface area contributed by atoms with Gasteiger partial charge >= 0.3 is 0 Å². The van der Waals surface area contributed by atoms with Gasteiger partial charge in [-0.3, -0.25) is 0 Å². The SMILES string of the molecule is C=C(Br)C1CN=C(c2ccc3ccccc3c2)O1. The van der Waals surface area contributed by atoms with Crippen LogP contribution >= 0.6 is 15.9 Å². The molecular weight excluding hydrogens is 290 g/mol. The van der Waals surface area contributed by atoms with Crippen LogP contribution in [0.1, 0.15) is 5.56 Å². The summed E-state index contributed by atoms with van der Waals surface area (Å²) < 4.78 is 6.60. The standard InChI is InChI=1S/C15H12BrNO/c1-10(16)14-9-17-15(18-14)13-7-6-11-4-2-3-5-12(11)8-13/h2-8,14H,1,9H2. The summed E-state index contributed by atoms with van der Waals surface area (Å²) in [6, 6.07) is 14.5. The summed E-state index contributed by atoms with van der Waals surface area (Å²) in [6.07, 6.45) is -0.0496. The van der Waals surface area contributed by atoms with Crippen molar-refractivity contribution >= 4 is 32.6 Å². The van der Waals surface area contributed by atoms with E-state index in [4.69, 9.17) is 4.74 Å². The highest BCUT2D eigenvalue weighted by Crippen LogP contribution is 2.22. The van der Waals surface area contributed by atoms with Crippen LogP contribution in [0.15, 0.2) is 58.5 Å². The minimum atomic E-state index is -0.0496. The number of halogens is 1. The quantitative estimate of drug-likeness (QED) is 0.824. The van der Waals surface area contributed by atoms with Crippen molar-refractivity contribution in [2.75, 3.05) is 6.54 Å². The number of ether oxygens (including phenoxy) is 1. The lowest BCUT2D eigenvalue weighted by molar-refractivity contribution is 0.272. The number of hydrogen-bond acceptors (Lipinski definition) is 2. The molecule has 2 nitrogen and oxygen atoms in total. The first-order valence-electron chi connectivity index (χ1n) is 5.78. The van der Waals surface area contributed by atoms with E-state index in [0.29, 0.717) is 12.4 Å². The van der Waals surface area contributed by atoms with Crippen LogP contribution in [0.2, 0.25) is 0 Å². The summed E-state index contributed by atoms with van der Waals surface area (Å²) >= 11 is 3.35. The van der Waals surface area contributed by atoms with Gasteiger partial charge in [0.15, 0.2) is 6.10 Å². The van der Waals surface area contributed by atoms with Crippen LogP contribution in [-0.2, 0) is 4.74 Å². The Balaban J connectivity index is 1.94. The van der Waals surface area contributed by atoms with Crippen molar-refractivity contribution in [1.29, 1.82) is 0 Å². The van der Waals surface area contributed by atoms with Crippen LogP contribution in [0, 0.1) is 0 Å². The molecular formula is C15H12BrNO. The van der Waals surface area contributed by atoms with Crippen molar-refractivity contribution in [2.45, 2.75) is 6.10 Å². The van der Waals surface area contributed by atoms with E-state index in [2.05, 4.69) is 51.8 Å². The van der Waals surface area contributed by atoms with E-state index in [9.17, 15) is 0 Å². The Morgan fingerprint density at radius 2 is 2.00 bits per heavy atom. The van der Waals surface area contributed by atoms with E-state index in [0.717, 1.165) is 10.0 Å². The van der Waals surface area contributed by atoms with Gasteiger partial charge in [0.2, 0.25) is 5.90 Å². The third-order valence-corrected chi connectivity index (χ3v) is 3.51. The predicted molar refractivity (Wildman–Crippen MR) is 78.3 cm³/mol. The second-order valence-corrected chi connectivity index (χ2v) is 5.28. The molecule has 1 aliphatic rings. The molecule has 0 aliphatic carbocycles. The van der Waals surface area contributed by atoms with Gasteiger partial charge in [0.05, 0.1) is 6.54 Å². The summed E-state index contributed by atoms with van der Waals surface area (Å²) in [5.41, 5.74) is 1.02. The van der Waals surface area contributed by atoms with Gasteiger partial charge in [-0.15, -0.1) is 0 Å². The van der Waals surface area contributed by atoms with E-state index >= 15 is 0 Å². The summed E-state index contributed by atoms with van der Waals surface area (Å²) in [4.78, 5) is 4.42. The highest BCUT2D eigenvalue weighted by atomic mass is 79.9. The molecule has 0 saturated heterocycles. The van der Waals surface area contributed by atoms with Crippen molar-refractivity contribution in [1.82, 2.24) is 0 Å². The van der Waals surface area contributed by atoms with E-state index in [1.54, 1.807) is 0 Å². The molecule has 0 fully saturated rings. The van der Waals surface area contributed by atoms with Gasteiger partial charge in [-0.2, -0.15) is 0 Å². The Hall–Kier alpha value is -1.61. The predicted octanol–water partition coefficient (Wildman–Crippen LogP) is 3.89. The molecule has 2 aromatic rings. The number of rotatable bonds is 2. The average Bonchev–Trinajstić information content (AvgIpc) is 2.88. The zero-order valence-electron chi connectivity index (χ0n) is 9.77. The fraction of sp³-hybridized carbons (Fsp3) is 0.133.